The second-order valence-electron chi connectivity index (χ2n) is 1.17. The second-order valence-corrected chi connectivity index (χ2v) is 3.51. The summed E-state index contributed by atoms with van der Waals surface area (Å²) in [6.07, 6.45) is 0. The third-order valence-corrected chi connectivity index (χ3v) is 1.93. The standard InChI is InChI=1S/C2H5NO4S2.Na/c4-3-8-1-2-9(5,6)7;/h1-2H2,(H,5,6,7);/q;+1/p-1. The van der Waals surface area contributed by atoms with Gasteiger partial charge in [-0.1, -0.05) is 0 Å². The van der Waals surface area contributed by atoms with Gasteiger partial charge in [0.2, 0.25) is 0 Å². The second kappa shape index (κ2) is 6.56. The predicted molar refractivity (Wildman–Crippen MR) is 32.8 cm³/mol. The molecule has 0 N–H and O–H groups in total. The van der Waals surface area contributed by atoms with Crippen LogP contribution in [0.4, 0.5) is 0 Å². The topological polar surface area (TPSA) is 86.6 Å². The van der Waals surface area contributed by atoms with E-state index in [1.807, 2.05) is 0 Å². The van der Waals surface area contributed by atoms with Crippen molar-refractivity contribution in [2.45, 2.75) is 0 Å². The molecule has 0 atom stereocenters. The Kier molecular flexibility index (Phi) is 8.83. The quantitative estimate of drug-likeness (QED) is 0.156. The monoisotopic (exact) mass is 193 g/mol. The van der Waals surface area contributed by atoms with Gasteiger partial charge < -0.3 is 4.55 Å². The molecule has 0 spiro atoms. The van der Waals surface area contributed by atoms with Crippen LogP contribution in [0, 0.1) is 4.91 Å². The minimum Gasteiger partial charge on any atom is -0.748 e. The molecule has 0 unspecified atom stereocenters. The van der Waals surface area contributed by atoms with Gasteiger partial charge in [0, 0.05) is 28.0 Å². The van der Waals surface area contributed by atoms with E-state index in [0.29, 0.717) is 11.9 Å². The molecule has 0 heterocycles. The van der Waals surface area contributed by atoms with Crippen LogP contribution in [-0.4, -0.2) is 24.5 Å². The molecule has 0 amide bonds. The van der Waals surface area contributed by atoms with E-state index in [9.17, 15) is 17.9 Å². The van der Waals surface area contributed by atoms with Gasteiger partial charge in [0.25, 0.3) is 0 Å². The van der Waals surface area contributed by atoms with E-state index in [2.05, 4.69) is 4.58 Å². The molecule has 0 aliphatic carbocycles. The van der Waals surface area contributed by atoms with E-state index in [1.165, 1.54) is 0 Å². The zero-order valence-corrected chi connectivity index (χ0v) is 8.94. The molecule has 0 aliphatic heterocycles. The Hall–Kier alpha value is 0.860. The molecule has 54 valence electrons. The van der Waals surface area contributed by atoms with Gasteiger partial charge in [-0.2, -0.15) is 0 Å². The smallest absolute Gasteiger partial charge is 0.748 e. The van der Waals surface area contributed by atoms with Gasteiger partial charge in [-0.3, -0.25) is 0 Å². The van der Waals surface area contributed by atoms with Crippen LogP contribution >= 0.6 is 11.9 Å². The Morgan fingerprint density at radius 3 is 2.30 bits per heavy atom. The molecule has 0 bridgehead atoms. The maximum absolute atomic E-state index is 9.79. The van der Waals surface area contributed by atoms with Crippen molar-refractivity contribution in [1.82, 2.24) is 0 Å². The summed E-state index contributed by atoms with van der Waals surface area (Å²) in [4.78, 5) is 9.31. The first-order valence-electron chi connectivity index (χ1n) is 1.94. The van der Waals surface area contributed by atoms with Crippen LogP contribution in [-0.2, 0) is 10.1 Å². The zero-order valence-electron chi connectivity index (χ0n) is 5.31. The summed E-state index contributed by atoms with van der Waals surface area (Å²) in [5, 5.41) is 0. The molecule has 5 nitrogen and oxygen atoms in total. The summed E-state index contributed by atoms with van der Waals surface area (Å²) in [6.45, 7) is 0. The van der Waals surface area contributed by atoms with Crippen molar-refractivity contribution in [3.8, 4) is 0 Å². The van der Waals surface area contributed by atoms with Crippen LogP contribution in [0.25, 0.3) is 0 Å². The van der Waals surface area contributed by atoms with Crippen LogP contribution in [0.2, 0.25) is 0 Å². The van der Waals surface area contributed by atoms with Crippen molar-refractivity contribution in [3.05, 3.63) is 4.91 Å². The normalized spacial score (nSPS) is 10.1. The van der Waals surface area contributed by atoms with Crippen LogP contribution in [0.1, 0.15) is 0 Å². The fraction of sp³-hybridized carbons (Fsp3) is 1.00. The van der Waals surface area contributed by atoms with Gasteiger partial charge >= 0.3 is 29.6 Å². The van der Waals surface area contributed by atoms with Gasteiger partial charge in [0.1, 0.15) is 0 Å². The fourth-order valence-electron chi connectivity index (χ4n) is 0.177. The Labute approximate surface area is 85.1 Å². The first kappa shape index (κ1) is 13.4. The van der Waals surface area contributed by atoms with Gasteiger partial charge in [-0.25, -0.2) is 8.42 Å². The molecular weight excluding hydrogens is 189 g/mol. The van der Waals surface area contributed by atoms with Gasteiger partial charge in [-0.05, 0) is 0 Å². The van der Waals surface area contributed by atoms with Crippen LogP contribution in [0.15, 0.2) is 4.58 Å². The van der Waals surface area contributed by atoms with E-state index >= 15 is 0 Å². The summed E-state index contributed by atoms with van der Waals surface area (Å²) in [5.41, 5.74) is 0. The van der Waals surface area contributed by atoms with E-state index in [4.69, 9.17) is 0 Å². The molecule has 0 saturated carbocycles. The van der Waals surface area contributed by atoms with Gasteiger partial charge in [0.05, 0.1) is 10.1 Å². The molecular formula is C2H4NNaO4S2. The minimum absolute atomic E-state index is 0. The SMILES string of the molecule is O=NSCCS(=O)(=O)[O-].[Na+]. The fourth-order valence-corrected chi connectivity index (χ4v) is 1.37. The van der Waals surface area contributed by atoms with Crippen molar-refractivity contribution in [2.24, 2.45) is 4.58 Å². The molecule has 0 aromatic rings. The van der Waals surface area contributed by atoms with Crippen molar-refractivity contribution in [2.75, 3.05) is 11.5 Å². The van der Waals surface area contributed by atoms with Gasteiger partial charge in [-0.15, -0.1) is 4.91 Å². The Bertz CT molecular complexity index is 178. The first-order chi connectivity index (χ1) is 4.06. The molecule has 0 rings (SSSR count). The van der Waals surface area contributed by atoms with Gasteiger partial charge in [0.15, 0.2) is 0 Å². The predicted octanol–water partition coefficient (Wildman–Crippen LogP) is -3.05. The first-order valence-corrected chi connectivity index (χ1v) is 4.46. The van der Waals surface area contributed by atoms with Crippen LogP contribution in [0.5, 0.6) is 0 Å². The van der Waals surface area contributed by atoms with Crippen molar-refractivity contribution < 1.29 is 42.5 Å². The zero-order chi connectivity index (χ0) is 7.33. The van der Waals surface area contributed by atoms with E-state index in [-0.39, 0.29) is 35.3 Å². The summed E-state index contributed by atoms with van der Waals surface area (Å²) >= 11 is 0.525. The number of hydrogen-bond donors (Lipinski definition) is 0. The molecule has 0 aromatic carbocycles. The van der Waals surface area contributed by atoms with Crippen molar-refractivity contribution in [1.29, 1.82) is 0 Å². The third kappa shape index (κ3) is 11.6. The summed E-state index contributed by atoms with van der Waals surface area (Å²) in [7, 11) is -4.17. The van der Waals surface area contributed by atoms with Crippen molar-refractivity contribution in [3.63, 3.8) is 0 Å². The average molecular weight is 193 g/mol. The Balaban J connectivity index is 0. The molecule has 0 aliphatic rings. The molecule has 0 radical (unpaired) electrons. The van der Waals surface area contributed by atoms with E-state index in [0.717, 1.165) is 0 Å². The Morgan fingerprint density at radius 2 is 2.00 bits per heavy atom. The summed E-state index contributed by atoms with van der Waals surface area (Å²) in [6, 6.07) is 0. The maximum Gasteiger partial charge on any atom is 1.00 e. The third-order valence-electron chi connectivity index (χ3n) is 0.477. The number of rotatable bonds is 4. The minimum atomic E-state index is -4.17. The maximum atomic E-state index is 9.79. The van der Waals surface area contributed by atoms with Crippen LogP contribution < -0.4 is 29.6 Å². The van der Waals surface area contributed by atoms with Crippen LogP contribution in [0.3, 0.4) is 0 Å². The number of nitrogens with zero attached hydrogens (tertiary/aromatic N) is 1. The molecule has 0 aromatic heterocycles. The molecule has 8 heteroatoms. The van der Waals surface area contributed by atoms with E-state index < -0.39 is 15.9 Å². The molecule has 0 fully saturated rings. The van der Waals surface area contributed by atoms with E-state index in [1.54, 1.807) is 0 Å². The summed E-state index contributed by atoms with van der Waals surface area (Å²) in [5.74, 6) is -0.598. The summed E-state index contributed by atoms with van der Waals surface area (Å²) < 4.78 is 31.7. The van der Waals surface area contributed by atoms with Crippen molar-refractivity contribution >= 4 is 22.1 Å². The Morgan fingerprint density at radius 1 is 1.50 bits per heavy atom. The number of hydrogen-bond acceptors (Lipinski definition) is 6. The molecule has 0 saturated heterocycles. The number of nitroso groups, excluding NO2 is 1. The average Bonchev–Trinajstić information content (AvgIpc) is 1.63. The molecule has 10 heavy (non-hydrogen) atoms. The largest absolute Gasteiger partial charge is 1.00 e.